The minimum atomic E-state index is -0.270. The van der Waals surface area contributed by atoms with Crippen molar-refractivity contribution in [3.8, 4) is 17.0 Å². The van der Waals surface area contributed by atoms with E-state index in [4.69, 9.17) is 16.3 Å². The summed E-state index contributed by atoms with van der Waals surface area (Å²) in [5.41, 5.74) is 3.37. The summed E-state index contributed by atoms with van der Waals surface area (Å²) < 4.78 is 5.00. The minimum absolute atomic E-state index is 0.0594. The Kier molecular flexibility index (Phi) is 5.51. The van der Waals surface area contributed by atoms with Gasteiger partial charge in [0, 0.05) is 22.2 Å². The van der Waals surface area contributed by atoms with Crippen molar-refractivity contribution in [2.24, 2.45) is 0 Å². The molecule has 1 heterocycles. The Morgan fingerprint density at radius 1 is 1.19 bits per heavy atom. The summed E-state index contributed by atoms with van der Waals surface area (Å²) in [7, 11) is 1.53. The molecule has 0 atom stereocenters. The third-order valence-electron chi connectivity index (χ3n) is 3.85. The van der Waals surface area contributed by atoms with Crippen LogP contribution in [0.4, 0.5) is 5.69 Å². The van der Waals surface area contributed by atoms with Crippen LogP contribution in [0.25, 0.3) is 11.1 Å². The van der Waals surface area contributed by atoms with Crippen molar-refractivity contribution in [2.75, 3.05) is 12.4 Å². The van der Waals surface area contributed by atoms with E-state index in [-0.39, 0.29) is 12.5 Å². The van der Waals surface area contributed by atoms with Crippen LogP contribution in [0.5, 0.6) is 5.88 Å². The van der Waals surface area contributed by atoms with Crippen LogP contribution in [0.15, 0.2) is 60.8 Å². The molecule has 0 aliphatic carbocycles. The number of aliphatic hydroxyl groups excluding tert-OH is 1. The normalized spacial score (nSPS) is 10.4. The zero-order chi connectivity index (χ0) is 18.5. The zero-order valence-electron chi connectivity index (χ0n) is 14.1. The number of carbonyl (C=O) groups excluding carboxylic acids is 1. The van der Waals surface area contributed by atoms with Crippen molar-refractivity contribution < 1.29 is 14.6 Å². The molecule has 26 heavy (non-hydrogen) atoms. The number of aliphatic hydroxyl groups is 1. The van der Waals surface area contributed by atoms with E-state index in [1.807, 2.05) is 24.3 Å². The number of halogens is 1. The predicted octanol–water partition coefficient (Wildman–Crippen LogP) is 4.16. The topological polar surface area (TPSA) is 71.5 Å². The largest absolute Gasteiger partial charge is 0.481 e. The van der Waals surface area contributed by atoms with E-state index in [0.29, 0.717) is 22.2 Å². The van der Waals surface area contributed by atoms with E-state index in [1.54, 1.807) is 30.3 Å². The highest BCUT2D eigenvalue weighted by atomic mass is 35.5. The van der Waals surface area contributed by atoms with Crippen LogP contribution in [-0.4, -0.2) is 23.1 Å². The van der Waals surface area contributed by atoms with Crippen LogP contribution in [0.1, 0.15) is 15.9 Å². The number of nitrogens with one attached hydrogen (secondary N) is 1. The van der Waals surface area contributed by atoms with Gasteiger partial charge in [0.05, 0.1) is 25.6 Å². The van der Waals surface area contributed by atoms with Gasteiger partial charge < -0.3 is 15.2 Å². The highest BCUT2D eigenvalue weighted by molar-refractivity contribution is 6.33. The van der Waals surface area contributed by atoms with E-state index in [0.717, 1.165) is 16.7 Å². The number of methoxy groups -OCH3 is 1. The van der Waals surface area contributed by atoms with Gasteiger partial charge in [0.2, 0.25) is 5.88 Å². The second-order valence-corrected chi connectivity index (χ2v) is 6.00. The van der Waals surface area contributed by atoms with E-state index in [1.165, 1.54) is 13.3 Å². The maximum atomic E-state index is 12.5. The fourth-order valence-corrected chi connectivity index (χ4v) is 2.73. The van der Waals surface area contributed by atoms with Gasteiger partial charge in [-0.1, -0.05) is 29.8 Å². The first-order chi connectivity index (χ1) is 12.6. The Hall–Kier alpha value is -2.89. The molecular weight excluding hydrogens is 352 g/mol. The number of pyridine rings is 1. The zero-order valence-corrected chi connectivity index (χ0v) is 14.8. The molecule has 0 radical (unpaired) electrons. The monoisotopic (exact) mass is 368 g/mol. The van der Waals surface area contributed by atoms with Gasteiger partial charge in [-0.05, 0) is 41.5 Å². The second-order valence-electron chi connectivity index (χ2n) is 5.60. The molecule has 5 nitrogen and oxygen atoms in total. The van der Waals surface area contributed by atoms with Crippen LogP contribution < -0.4 is 10.1 Å². The molecule has 0 aliphatic heterocycles. The molecule has 6 heteroatoms. The maximum Gasteiger partial charge on any atom is 0.255 e. The molecule has 0 fully saturated rings. The average molecular weight is 369 g/mol. The van der Waals surface area contributed by atoms with E-state index < -0.39 is 0 Å². The molecule has 0 saturated heterocycles. The molecule has 0 bridgehead atoms. The van der Waals surface area contributed by atoms with Crippen LogP contribution in [0, 0.1) is 0 Å². The predicted molar refractivity (Wildman–Crippen MR) is 102 cm³/mol. The molecule has 0 spiro atoms. The standard InChI is InChI=1S/C20H17ClN2O3/c1-26-19-8-6-16(11-22-19)23-20(25)15-5-7-18(21)17(10-15)14-4-2-3-13(9-14)12-24/h2-11,24H,12H2,1H3,(H,23,25). The van der Waals surface area contributed by atoms with Gasteiger partial charge in [-0.2, -0.15) is 0 Å². The number of hydrogen-bond acceptors (Lipinski definition) is 4. The Morgan fingerprint density at radius 3 is 2.73 bits per heavy atom. The van der Waals surface area contributed by atoms with E-state index in [2.05, 4.69) is 10.3 Å². The van der Waals surface area contributed by atoms with Gasteiger partial charge in [0.25, 0.3) is 5.91 Å². The van der Waals surface area contributed by atoms with Gasteiger partial charge in [0.15, 0.2) is 0 Å². The molecule has 2 N–H and O–H groups in total. The summed E-state index contributed by atoms with van der Waals surface area (Å²) in [6, 6.07) is 15.8. The van der Waals surface area contributed by atoms with Crippen LogP contribution in [0.2, 0.25) is 5.02 Å². The Balaban J connectivity index is 1.87. The fraction of sp³-hybridized carbons (Fsp3) is 0.100. The lowest BCUT2D eigenvalue weighted by Crippen LogP contribution is -2.12. The molecule has 1 amide bonds. The number of ether oxygens (including phenoxy) is 1. The molecule has 0 aliphatic rings. The molecular formula is C20H17ClN2O3. The highest BCUT2D eigenvalue weighted by Gasteiger charge is 2.11. The number of aromatic nitrogens is 1. The lowest BCUT2D eigenvalue weighted by molar-refractivity contribution is 0.102. The van der Waals surface area contributed by atoms with Crippen LogP contribution >= 0.6 is 11.6 Å². The Labute approximate surface area is 156 Å². The number of anilines is 1. The Bertz CT molecular complexity index is 927. The van der Waals surface area contributed by atoms with Crippen LogP contribution in [-0.2, 0) is 6.61 Å². The smallest absolute Gasteiger partial charge is 0.255 e. The second kappa shape index (κ2) is 7.99. The number of amides is 1. The van der Waals surface area contributed by atoms with Crippen molar-refractivity contribution in [2.45, 2.75) is 6.61 Å². The third kappa shape index (κ3) is 4.02. The number of nitrogens with zero attached hydrogens (tertiary/aromatic N) is 1. The van der Waals surface area contributed by atoms with Gasteiger partial charge in [-0.3, -0.25) is 4.79 Å². The summed E-state index contributed by atoms with van der Waals surface area (Å²) in [5, 5.41) is 12.6. The molecule has 0 saturated carbocycles. The SMILES string of the molecule is COc1ccc(NC(=O)c2ccc(Cl)c(-c3cccc(CO)c3)c2)cn1. The first kappa shape index (κ1) is 17.9. The maximum absolute atomic E-state index is 12.5. The Morgan fingerprint density at radius 2 is 2.04 bits per heavy atom. The number of hydrogen-bond donors (Lipinski definition) is 2. The summed E-state index contributed by atoms with van der Waals surface area (Å²) in [6.45, 7) is -0.0594. The lowest BCUT2D eigenvalue weighted by atomic mass is 10.0. The number of rotatable bonds is 5. The van der Waals surface area contributed by atoms with Gasteiger partial charge in [-0.15, -0.1) is 0 Å². The van der Waals surface area contributed by atoms with Crippen molar-refractivity contribution >= 4 is 23.2 Å². The van der Waals surface area contributed by atoms with Crippen molar-refractivity contribution in [3.63, 3.8) is 0 Å². The van der Waals surface area contributed by atoms with E-state index in [9.17, 15) is 9.90 Å². The van der Waals surface area contributed by atoms with Gasteiger partial charge in [-0.25, -0.2) is 4.98 Å². The van der Waals surface area contributed by atoms with Crippen molar-refractivity contribution in [3.05, 3.63) is 76.9 Å². The molecule has 1 aromatic heterocycles. The number of carbonyl (C=O) groups is 1. The molecule has 0 unspecified atom stereocenters. The van der Waals surface area contributed by atoms with Gasteiger partial charge >= 0.3 is 0 Å². The average Bonchev–Trinajstić information content (AvgIpc) is 2.69. The highest BCUT2D eigenvalue weighted by Crippen LogP contribution is 2.30. The third-order valence-corrected chi connectivity index (χ3v) is 4.18. The lowest BCUT2D eigenvalue weighted by Gasteiger charge is -2.10. The van der Waals surface area contributed by atoms with Crippen molar-refractivity contribution in [1.82, 2.24) is 4.98 Å². The summed E-state index contributed by atoms with van der Waals surface area (Å²) in [4.78, 5) is 16.6. The summed E-state index contributed by atoms with van der Waals surface area (Å²) in [6.07, 6.45) is 1.53. The van der Waals surface area contributed by atoms with Crippen LogP contribution in [0.3, 0.4) is 0 Å². The molecule has 3 rings (SSSR count). The fourth-order valence-electron chi connectivity index (χ4n) is 2.50. The first-order valence-electron chi connectivity index (χ1n) is 7.92. The number of benzene rings is 2. The molecule has 2 aromatic carbocycles. The minimum Gasteiger partial charge on any atom is -0.481 e. The van der Waals surface area contributed by atoms with Gasteiger partial charge in [0.1, 0.15) is 0 Å². The molecule has 132 valence electrons. The van der Waals surface area contributed by atoms with Crippen molar-refractivity contribution in [1.29, 1.82) is 0 Å². The summed E-state index contributed by atoms with van der Waals surface area (Å²) >= 11 is 6.31. The summed E-state index contributed by atoms with van der Waals surface area (Å²) in [5.74, 6) is 0.203. The van der Waals surface area contributed by atoms with E-state index >= 15 is 0 Å². The first-order valence-corrected chi connectivity index (χ1v) is 8.29. The molecule has 3 aromatic rings. The quantitative estimate of drug-likeness (QED) is 0.709.